The van der Waals surface area contributed by atoms with Gasteiger partial charge in [0.2, 0.25) is 0 Å². The van der Waals surface area contributed by atoms with Crippen molar-refractivity contribution in [3.05, 3.63) is 0 Å². The zero-order valence-electron chi connectivity index (χ0n) is 7.58. The number of ether oxygens (including phenoxy) is 1. The van der Waals surface area contributed by atoms with Crippen LogP contribution in [0.4, 0.5) is 0 Å². The van der Waals surface area contributed by atoms with Gasteiger partial charge in [-0.1, -0.05) is 31.9 Å². The number of halogens is 2. The third kappa shape index (κ3) is 5.21. The Labute approximate surface area is 86.1 Å². The Morgan fingerprint density at radius 1 is 0.909 bits per heavy atom. The number of rotatable bonds is 4. The van der Waals surface area contributed by atoms with Gasteiger partial charge in [-0.25, -0.2) is 0 Å². The average Bonchev–Trinajstić information content (AvgIpc) is 1.86. The molecule has 0 spiro atoms. The summed E-state index contributed by atoms with van der Waals surface area (Å²) < 4.78 is 5.83. The smallest absolute Gasteiger partial charge is 0.0730 e. The first kappa shape index (κ1) is 11.9. The highest BCUT2D eigenvalue weighted by Gasteiger charge is 2.27. The van der Waals surface area contributed by atoms with Gasteiger partial charge in [-0.2, -0.15) is 0 Å². The predicted octanol–water partition coefficient (Wildman–Crippen LogP) is 3.35. The molecule has 0 N–H and O–H groups in total. The van der Waals surface area contributed by atoms with E-state index in [-0.39, 0.29) is 11.2 Å². The Hall–Kier alpha value is 0.920. The van der Waals surface area contributed by atoms with Crippen LogP contribution in [-0.4, -0.2) is 21.9 Å². The molecule has 11 heavy (non-hydrogen) atoms. The first-order valence-electron chi connectivity index (χ1n) is 3.65. The van der Waals surface area contributed by atoms with Gasteiger partial charge < -0.3 is 4.74 Å². The lowest BCUT2D eigenvalue weighted by Gasteiger charge is -2.33. The van der Waals surface area contributed by atoms with Crippen LogP contribution in [-0.2, 0) is 4.74 Å². The summed E-state index contributed by atoms with van der Waals surface area (Å²) in [6, 6.07) is 0. The van der Waals surface area contributed by atoms with Crippen LogP contribution in [0.2, 0.25) is 0 Å². The van der Waals surface area contributed by atoms with Crippen LogP contribution in [0, 0.1) is 0 Å². The first-order chi connectivity index (χ1) is 4.83. The highest BCUT2D eigenvalue weighted by molar-refractivity contribution is 9.09. The zero-order chi connectivity index (χ0) is 9.12. The molecule has 0 saturated heterocycles. The van der Waals surface area contributed by atoms with Crippen LogP contribution >= 0.6 is 31.9 Å². The molecule has 0 heterocycles. The van der Waals surface area contributed by atoms with Gasteiger partial charge in [0.1, 0.15) is 0 Å². The molecule has 0 radical (unpaired) electrons. The Morgan fingerprint density at radius 3 is 1.36 bits per heavy atom. The Morgan fingerprint density at radius 2 is 1.18 bits per heavy atom. The standard InChI is InChI=1S/C8H16Br2O/c1-7(2,5-9)11-8(3,4)6-10/h5-6H2,1-4H3. The van der Waals surface area contributed by atoms with Crippen molar-refractivity contribution in [1.29, 1.82) is 0 Å². The molecule has 0 aromatic heterocycles. The number of hydrogen-bond acceptors (Lipinski definition) is 1. The van der Waals surface area contributed by atoms with E-state index in [1.807, 2.05) is 0 Å². The van der Waals surface area contributed by atoms with Gasteiger partial charge in [0, 0.05) is 10.7 Å². The van der Waals surface area contributed by atoms with E-state index in [1.54, 1.807) is 0 Å². The largest absolute Gasteiger partial charge is 0.368 e. The van der Waals surface area contributed by atoms with E-state index in [0.717, 1.165) is 10.7 Å². The van der Waals surface area contributed by atoms with E-state index >= 15 is 0 Å². The summed E-state index contributed by atoms with van der Waals surface area (Å²) in [5.74, 6) is 0. The fraction of sp³-hybridized carbons (Fsp3) is 1.00. The van der Waals surface area contributed by atoms with Gasteiger partial charge in [-0.15, -0.1) is 0 Å². The molecule has 0 bridgehead atoms. The summed E-state index contributed by atoms with van der Waals surface area (Å²) in [4.78, 5) is 0. The van der Waals surface area contributed by atoms with Gasteiger partial charge in [0.25, 0.3) is 0 Å². The van der Waals surface area contributed by atoms with Crippen LogP contribution in [0.3, 0.4) is 0 Å². The van der Waals surface area contributed by atoms with Crippen LogP contribution < -0.4 is 0 Å². The minimum absolute atomic E-state index is 0.0860. The lowest BCUT2D eigenvalue weighted by Crippen LogP contribution is -2.39. The molecular formula is C8H16Br2O. The molecular weight excluding hydrogens is 272 g/mol. The first-order valence-corrected chi connectivity index (χ1v) is 5.89. The SMILES string of the molecule is CC(C)(CBr)OC(C)(C)CBr. The van der Waals surface area contributed by atoms with E-state index in [4.69, 9.17) is 4.74 Å². The van der Waals surface area contributed by atoms with Gasteiger partial charge in [-0.05, 0) is 27.7 Å². The highest BCUT2D eigenvalue weighted by atomic mass is 79.9. The van der Waals surface area contributed by atoms with E-state index in [2.05, 4.69) is 59.6 Å². The molecule has 0 unspecified atom stereocenters. The van der Waals surface area contributed by atoms with Gasteiger partial charge in [0.15, 0.2) is 0 Å². The predicted molar refractivity (Wildman–Crippen MR) is 56.8 cm³/mol. The summed E-state index contributed by atoms with van der Waals surface area (Å²) in [7, 11) is 0. The number of alkyl halides is 2. The van der Waals surface area contributed by atoms with Gasteiger partial charge in [-0.3, -0.25) is 0 Å². The molecule has 0 aliphatic rings. The second-order valence-corrected chi connectivity index (χ2v) is 5.01. The van der Waals surface area contributed by atoms with E-state index in [0.29, 0.717) is 0 Å². The van der Waals surface area contributed by atoms with Crippen molar-refractivity contribution in [2.24, 2.45) is 0 Å². The molecule has 0 aliphatic carbocycles. The fourth-order valence-electron chi connectivity index (χ4n) is 0.803. The number of hydrogen-bond donors (Lipinski definition) is 0. The maximum Gasteiger partial charge on any atom is 0.0730 e. The topological polar surface area (TPSA) is 9.23 Å². The minimum Gasteiger partial charge on any atom is -0.368 e. The fourth-order valence-corrected chi connectivity index (χ4v) is 1.03. The van der Waals surface area contributed by atoms with Crippen molar-refractivity contribution in [3.63, 3.8) is 0 Å². The summed E-state index contributed by atoms with van der Waals surface area (Å²) in [5, 5.41) is 1.72. The van der Waals surface area contributed by atoms with Gasteiger partial charge in [0.05, 0.1) is 11.2 Å². The minimum atomic E-state index is -0.0860. The highest BCUT2D eigenvalue weighted by Crippen LogP contribution is 2.23. The van der Waals surface area contributed by atoms with Crippen molar-refractivity contribution in [1.82, 2.24) is 0 Å². The second kappa shape index (κ2) is 4.24. The third-order valence-electron chi connectivity index (χ3n) is 1.20. The molecule has 0 fully saturated rings. The van der Waals surface area contributed by atoms with Crippen molar-refractivity contribution < 1.29 is 4.74 Å². The molecule has 0 saturated carbocycles. The summed E-state index contributed by atoms with van der Waals surface area (Å²) >= 11 is 6.82. The van der Waals surface area contributed by atoms with Crippen molar-refractivity contribution >= 4 is 31.9 Å². The maximum atomic E-state index is 5.83. The maximum absolute atomic E-state index is 5.83. The Balaban J connectivity index is 4.02. The van der Waals surface area contributed by atoms with Crippen LogP contribution in [0.25, 0.3) is 0 Å². The molecule has 3 heteroatoms. The van der Waals surface area contributed by atoms with E-state index in [1.165, 1.54) is 0 Å². The van der Waals surface area contributed by atoms with Crippen molar-refractivity contribution in [2.75, 3.05) is 10.7 Å². The van der Waals surface area contributed by atoms with E-state index < -0.39 is 0 Å². The van der Waals surface area contributed by atoms with E-state index in [9.17, 15) is 0 Å². The Bertz CT molecular complexity index is 107. The molecule has 0 aromatic rings. The van der Waals surface area contributed by atoms with Crippen LogP contribution in [0.5, 0.6) is 0 Å². The zero-order valence-corrected chi connectivity index (χ0v) is 10.8. The van der Waals surface area contributed by atoms with Crippen molar-refractivity contribution in [3.8, 4) is 0 Å². The lowest BCUT2D eigenvalue weighted by atomic mass is 10.1. The molecule has 1 nitrogen and oxygen atoms in total. The van der Waals surface area contributed by atoms with Crippen LogP contribution in [0.15, 0.2) is 0 Å². The summed E-state index contributed by atoms with van der Waals surface area (Å²) in [6.45, 7) is 8.30. The lowest BCUT2D eigenvalue weighted by molar-refractivity contribution is -0.0948. The second-order valence-electron chi connectivity index (χ2n) is 3.89. The molecule has 68 valence electrons. The van der Waals surface area contributed by atoms with Gasteiger partial charge >= 0.3 is 0 Å². The normalized spacial score (nSPS) is 13.6. The summed E-state index contributed by atoms with van der Waals surface area (Å²) in [5.41, 5.74) is -0.172. The quantitative estimate of drug-likeness (QED) is 0.721. The third-order valence-corrected chi connectivity index (χ3v) is 3.90. The average molecular weight is 288 g/mol. The monoisotopic (exact) mass is 286 g/mol. The Kier molecular flexibility index (Phi) is 4.59. The molecule has 0 aliphatic heterocycles. The van der Waals surface area contributed by atoms with Crippen molar-refractivity contribution in [2.45, 2.75) is 38.9 Å². The molecule has 0 amide bonds. The molecule has 0 rings (SSSR count). The van der Waals surface area contributed by atoms with Crippen LogP contribution in [0.1, 0.15) is 27.7 Å². The molecule has 0 atom stereocenters. The molecule has 0 aromatic carbocycles. The summed E-state index contributed by atoms with van der Waals surface area (Å²) in [6.07, 6.45) is 0.